The second kappa shape index (κ2) is 6.83. The van der Waals surface area contributed by atoms with Crippen LogP contribution in [0.1, 0.15) is 11.5 Å². The van der Waals surface area contributed by atoms with E-state index in [0.717, 1.165) is 46.4 Å². The Bertz CT molecular complexity index is 1000. The summed E-state index contributed by atoms with van der Waals surface area (Å²) in [5.41, 5.74) is 2.95. The number of aliphatic hydroxyl groups excluding tert-OH is 1. The largest absolute Gasteiger partial charge is 0.454 e. The van der Waals surface area contributed by atoms with E-state index in [0.29, 0.717) is 13.0 Å². The van der Waals surface area contributed by atoms with Gasteiger partial charge in [0, 0.05) is 37.7 Å². The summed E-state index contributed by atoms with van der Waals surface area (Å²) in [6, 6.07) is 11.9. The maximum Gasteiger partial charge on any atom is 0.231 e. The molecule has 2 aliphatic heterocycles. The highest BCUT2D eigenvalue weighted by Gasteiger charge is 2.33. The van der Waals surface area contributed by atoms with Gasteiger partial charge in [0.05, 0.1) is 11.8 Å². The first-order valence-corrected chi connectivity index (χ1v) is 9.37. The van der Waals surface area contributed by atoms with E-state index < -0.39 is 6.10 Å². The molecule has 0 unspecified atom stereocenters. The molecule has 0 aliphatic carbocycles. The molecule has 0 saturated carbocycles. The molecule has 0 amide bonds. The molecule has 144 valence electrons. The Morgan fingerprint density at radius 2 is 1.93 bits per heavy atom. The molecule has 2 aliphatic rings. The van der Waals surface area contributed by atoms with Gasteiger partial charge in [-0.25, -0.2) is 4.98 Å². The summed E-state index contributed by atoms with van der Waals surface area (Å²) >= 11 is 0. The van der Waals surface area contributed by atoms with E-state index in [1.807, 2.05) is 43.3 Å². The number of hydrogen-bond donors (Lipinski definition) is 1. The van der Waals surface area contributed by atoms with Gasteiger partial charge in [0.15, 0.2) is 11.5 Å². The lowest BCUT2D eigenvalue weighted by Crippen LogP contribution is -2.22. The van der Waals surface area contributed by atoms with Crippen LogP contribution in [-0.2, 0) is 6.42 Å². The second-order valence-corrected chi connectivity index (χ2v) is 7.34. The Morgan fingerprint density at radius 1 is 1.07 bits per heavy atom. The number of aryl methyl sites for hydroxylation is 1. The van der Waals surface area contributed by atoms with Crippen LogP contribution in [0.4, 0.5) is 5.82 Å². The molecule has 3 aromatic rings. The lowest BCUT2D eigenvalue weighted by molar-refractivity contribution is 0.143. The predicted octanol–water partition coefficient (Wildman–Crippen LogP) is 2.81. The summed E-state index contributed by atoms with van der Waals surface area (Å²) in [5.74, 6) is 3.28. The predicted molar refractivity (Wildman–Crippen MR) is 102 cm³/mol. The molecule has 0 spiro atoms. The molecule has 0 bridgehead atoms. The number of aliphatic hydroxyl groups is 1. The average molecular weight is 379 g/mol. The number of aromatic nitrogens is 2. The number of benzene rings is 1. The SMILES string of the molecule is Cc1cc(C[C@@H]2CN(c3cc(-c4ccc5c(c4)OCO5)ccn3)C[C@@H]2O)on1. The third kappa shape index (κ3) is 3.18. The number of ether oxygens (including phenoxy) is 2. The number of hydrogen-bond acceptors (Lipinski definition) is 7. The fourth-order valence-electron chi connectivity index (χ4n) is 3.86. The third-order valence-electron chi connectivity index (χ3n) is 5.32. The number of rotatable bonds is 4. The lowest BCUT2D eigenvalue weighted by Gasteiger charge is -2.17. The number of fused-ring (bicyclic) bond motifs is 1. The number of anilines is 1. The highest BCUT2D eigenvalue weighted by atomic mass is 16.7. The van der Waals surface area contributed by atoms with E-state index in [-0.39, 0.29) is 12.7 Å². The molecule has 1 N–H and O–H groups in total. The van der Waals surface area contributed by atoms with E-state index in [4.69, 9.17) is 14.0 Å². The highest BCUT2D eigenvalue weighted by molar-refractivity contribution is 5.70. The van der Waals surface area contributed by atoms with Gasteiger partial charge in [0.25, 0.3) is 0 Å². The van der Waals surface area contributed by atoms with E-state index in [1.54, 1.807) is 6.20 Å². The molecular weight excluding hydrogens is 358 g/mol. The van der Waals surface area contributed by atoms with Gasteiger partial charge in [-0.05, 0) is 42.3 Å². The smallest absolute Gasteiger partial charge is 0.231 e. The molecule has 28 heavy (non-hydrogen) atoms. The maximum absolute atomic E-state index is 10.5. The quantitative estimate of drug-likeness (QED) is 0.746. The third-order valence-corrected chi connectivity index (χ3v) is 5.32. The van der Waals surface area contributed by atoms with Crippen LogP contribution < -0.4 is 14.4 Å². The van der Waals surface area contributed by atoms with E-state index in [1.165, 1.54) is 0 Å². The van der Waals surface area contributed by atoms with Gasteiger partial charge in [-0.1, -0.05) is 11.2 Å². The standard InChI is InChI=1S/C21H21N3O4/c1-13-6-17(28-23-13)7-16-10-24(11-18(16)25)21-9-15(4-5-22-21)14-2-3-19-20(8-14)27-12-26-19/h2-6,8-9,16,18,25H,7,10-12H2,1H3/t16-,18+/m1/s1. The molecule has 2 atom stereocenters. The Morgan fingerprint density at radius 3 is 2.79 bits per heavy atom. The van der Waals surface area contributed by atoms with E-state index in [9.17, 15) is 5.11 Å². The minimum Gasteiger partial charge on any atom is -0.454 e. The van der Waals surface area contributed by atoms with Crippen molar-refractivity contribution in [3.05, 3.63) is 54.0 Å². The Balaban J connectivity index is 1.35. The van der Waals surface area contributed by atoms with Crippen LogP contribution in [0, 0.1) is 12.8 Å². The van der Waals surface area contributed by atoms with Crippen molar-refractivity contribution < 1.29 is 19.1 Å². The monoisotopic (exact) mass is 379 g/mol. The zero-order chi connectivity index (χ0) is 19.1. The van der Waals surface area contributed by atoms with Gasteiger partial charge < -0.3 is 24.0 Å². The minimum absolute atomic E-state index is 0.0864. The summed E-state index contributed by atoms with van der Waals surface area (Å²) in [5, 5.41) is 14.4. The van der Waals surface area contributed by atoms with Crippen LogP contribution in [-0.4, -0.2) is 41.2 Å². The van der Waals surface area contributed by atoms with Gasteiger partial charge in [-0.2, -0.15) is 0 Å². The first-order valence-electron chi connectivity index (χ1n) is 9.37. The fraction of sp³-hybridized carbons (Fsp3) is 0.333. The average Bonchev–Trinajstić information content (AvgIpc) is 3.42. The molecule has 0 radical (unpaired) electrons. The van der Waals surface area contributed by atoms with Crippen molar-refractivity contribution >= 4 is 5.82 Å². The molecule has 1 saturated heterocycles. The Hall–Kier alpha value is -3.06. The van der Waals surface area contributed by atoms with Crippen LogP contribution in [0.2, 0.25) is 0 Å². The maximum atomic E-state index is 10.5. The number of pyridine rings is 1. The molecule has 7 nitrogen and oxygen atoms in total. The van der Waals surface area contributed by atoms with Gasteiger partial charge in [-0.15, -0.1) is 0 Å². The van der Waals surface area contributed by atoms with Crippen LogP contribution in [0.15, 0.2) is 47.1 Å². The van der Waals surface area contributed by atoms with Gasteiger partial charge >= 0.3 is 0 Å². The van der Waals surface area contributed by atoms with Crippen molar-refractivity contribution in [2.45, 2.75) is 19.4 Å². The van der Waals surface area contributed by atoms with Crippen molar-refractivity contribution in [3.63, 3.8) is 0 Å². The van der Waals surface area contributed by atoms with Crippen LogP contribution >= 0.6 is 0 Å². The minimum atomic E-state index is -0.429. The summed E-state index contributed by atoms with van der Waals surface area (Å²) < 4.78 is 16.2. The van der Waals surface area contributed by atoms with E-state index in [2.05, 4.69) is 15.0 Å². The zero-order valence-corrected chi connectivity index (χ0v) is 15.5. The van der Waals surface area contributed by atoms with Gasteiger partial charge in [-0.3, -0.25) is 0 Å². The van der Waals surface area contributed by atoms with Crippen LogP contribution in [0.5, 0.6) is 11.5 Å². The van der Waals surface area contributed by atoms with Gasteiger partial charge in [0.1, 0.15) is 11.6 Å². The summed E-state index contributed by atoms with van der Waals surface area (Å²) in [4.78, 5) is 6.64. The van der Waals surface area contributed by atoms with Gasteiger partial charge in [0.2, 0.25) is 6.79 Å². The number of β-amino-alcohol motifs (C(OH)–C–C–N with tert-alkyl or cyclic N) is 1. The number of nitrogens with zero attached hydrogens (tertiary/aromatic N) is 3. The first-order chi connectivity index (χ1) is 13.7. The Labute approximate surface area is 162 Å². The topological polar surface area (TPSA) is 80.9 Å². The lowest BCUT2D eigenvalue weighted by atomic mass is 10.0. The zero-order valence-electron chi connectivity index (χ0n) is 15.5. The molecule has 1 fully saturated rings. The molecular formula is C21H21N3O4. The summed E-state index contributed by atoms with van der Waals surface area (Å²) in [6.07, 6.45) is 2.04. The van der Waals surface area contributed by atoms with Crippen LogP contribution in [0.25, 0.3) is 11.1 Å². The second-order valence-electron chi connectivity index (χ2n) is 7.34. The fourth-order valence-corrected chi connectivity index (χ4v) is 3.86. The van der Waals surface area contributed by atoms with Crippen molar-refractivity contribution in [1.82, 2.24) is 10.1 Å². The Kier molecular flexibility index (Phi) is 4.16. The van der Waals surface area contributed by atoms with Crippen LogP contribution in [0.3, 0.4) is 0 Å². The summed E-state index contributed by atoms with van der Waals surface area (Å²) in [6.45, 7) is 3.43. The molecule has 1 aromatic carbocycles. The highest BCUT2D eigenvalue weighted by Crippen LogP contribution is 2.36. The molecule has 5 rings (SSSR count). The molecule has 2 aromatic heterocycles. The van der Waals surface area contributed by atoms with E-state index >= 15 is 0 Å². The van der Waals surface area contributed by atoms with Crippen molar-refractivity contribution in [2.75, 3.05) is 24.8 Å². The van der Waals surface area contributed by atoms with Crippen molar-refractivity contribution in [3.8, 4) is 22.6 Å². The molecule has 4 heterocycles. The summed E-state index contributed by atoms with van der Waals surface area (Å²) in [7, 11) is 0. The normalized spacial score (nSPS) is 20.7. The first kappa shape index (κ1) is 17.1. The van der Waals surface area contributed by atoms with Crippen molar-refractivity contribution in [2.24, 2.45) is 5.92 Å². The van der Waals surface area contributed by atoms with Crippen molar-refractivity contribution in [1.29, 1.82) is 0 Å². The molecule has 7 heteroatoms.